The Bertz CT molecular complexity index is 1020. The standard InChI is InChI=1S/C22H28F2N2O5S/c1-3-30-20-13-21(27)26(2)14-18(20)17-12-15(8-11-25-32(28)29)4-5-19(17)31-16-6-9-22(23,24)10-7-16/h4-5,12-14,16,25H,3,6-11H2,1-2H3,(H,28,29)/p-1. The van der Waals surface area contributed by atoms with E-state index < -0.39 is 17.2 Å². The molecular formula is C22H27F2N2O5S-. The third kappa shape index (κ3) is 6.36. The van der Waals surface area contributed by atoms with Crippen LogP contribution in [0.1, 0.15) is 38.2 Å². The summed E-state index contributed by atoms with van der Waals surface area (Å²) in [4.78, 5) is 12.1. The van der Waals surface area contributed by atoms with E-state index in [9.17, 15) is 22.3 Å². The predicted molar refractivity (Wildman–Crippen MR) is 117 cm³/mol. The van der Waals surface area contributed by atoms with Crippen molar-refractivity contribution in [2.24, 2.45) is 7.05 Å². The van der Waals surface area contributed by atoms with Gasteiger partial charge in [0.25, 0.3) is 5.56 Å². The number of ether oxygens (including phenoxy) is 2. The summed E-state index contributed by atoms with van der Waals surface area (Å²) in [5.74, 6) is -1.75. The van der Waals surface area contributed by atoms with Crippen LogP contribution in [0.25, 0.3) is 11.1 Å². The van der Waals surface area contributed by atoms with Crippen LogP contribution in [-0.4, -0.2) is 38.5 Å². The highest BCUT2D eigenvalue weighted by molar-refractivity contribution is 7.77. The Kier molecular flexibility index (Phi) is 8.02. The van der Waals surface area contributed by atoms with Crippen molar-refractivity contribution < 1.29 is 27.0 Å². The molecule has 176 valence electrons. The minimum absolute atomic E-state index is 0.215. The lowest BCUT2D eigenvalue weighted by Crippen LogP contribution is -2.30. The summed E-state index contributed by atoms with van der Waals surface area (Å²) < 4.78 is 64.2. The van der Waals surface area contributed by atoms with E-state index in [2.05, 4.69) is 4.72 Å². The highest BCUT2D eigenvalue weighted by atomic mass is 32.2. The number of nitrogens with zero attached hydrogens (tertiary/aromatic N) is 1. The molecule has 7 nitrogen and oxygen atoms in total. The van der Waals surface area contributed by atoms with Gasteiger partial charge in [0.15, 0.2) is 0 Å². The molecule has 0 amide bonds. The minimum atomic E-state index is -2.65. The van der Waals surface area contributed by atoms with Gasteiger partial charge in [0.05, 0.1) is 12.7 Å². The second-order valence-corrected chi connectivity index (χ2v) is 8.57. The molecule has 2 aromatic rings. The fourth-order valence-corrected chi connectivity index (χ4v) is 3.99. The molecule has 0 saturated heterocycles. The van der Waals surface area contributed by atoms with Crippen molar-refractivity contribution in [1.82, 2.24) is 9.29 Å². The van der Waals surface area contributed by atoms with Crippen LogP contribution in [0.5, 0.6) is 11.5 Å². The van der Waals surface area contributed by atoms with Crippen LogP contribution in [0.15, 0.2) is 35.3 Å². The Morgan fingerprint density at radius 1 is 1.22 bits per heavy atom. The van der Waals surface area contributed by atoms with Crippen LogP contribution in [0.4, 0.5) is 8.78 Å². The van der Waals surface area contributed by atoms with E-state index in [1.807, 2.05) is 19.1 Å². The highest BCUT2D eigenvalue weighted by Gasteiger charge is 2.36. The second kappa shape index (κ2) is 10.5. The van der Waals surface area contributed by atoms with E-state index in [4.69, 9.17) is 9.47 Å². The maximum Gasteiger partial charge on any atom is 0.254 e. The SMILES string of the molecule is CCOc1cc(=O)n(C)cc1-c1cc(CCNS(=O)[O-])ccc1OC1CCC(F)(F)CC1. The van der Waals surface area contributed by atoms with Crippen molar-refractivity contribution in [3.05, 3.63) is 46.4 Å². The zero-order valence-electron chi connectivity index (χ0n) is 18.1. The van der Waals surface area contributed by atoms with Crippen LogP contribution in [0.2, 0.25) is 0 Å². The monoisotopic (exact) mass is 469 g/mol. The average Bonchev–Trinajstić information content (AvgIpc) is 2.73. The van der Waals surface area contributed by atoms with Crippen LogP contribution in [0, 0.1) is 0 Å². The van der Waals surface area contributed by atoms with Gasteiger partial charge in [-0.15, -0.1) is 0 Å². The molecule has 32 heavy (non-hydrogen) atoms. The summed E-state index contributed by atoms with van der Waals surface area (Å²) in [7, 11) is 1.63. The van der Waals surface area contributed by atoms with Gasteiger partial charge in [0, 0.05) is 61.1 Å². The fraction of sp³-hybridized carbons (Fsp3) is 0.500. The Morgan fingerprint density at radius 2 is 1.94 bits per heavy atom. The van der Waals surface area contributed by atoms with Crippen molar-refractivity contribution in [3.63, 3.8) is 0 Å². The van der Waals surface area contributed by atoms with Crippen molar-refractivity contribution in [2.75, 3.05) is 13.2 Å². The summed E-state index contributed by atoms with van der Waals surface area (Å²) in [6, 6.07) is 6.82. The van der Waals surface area contributed by atoms with Crippen molar-refractivity contribution in [3.8, 4) is 22.6 Å². The number of aryl methyl sites for hydroxylation is 1. The molecule has 0 radical (unpaired) electrons. The second-order valence-electron chi connectivity index (χ2n) is 7.82. The maximum absolute atomic E-state index is 13.6. The van der Waals surface area contributed by atoms with E-state index in [0.717, 1.165) is 5.56 Å². The maximum atomic E-state index is 13.6. The number of aromatic nitrogens is 1. The van der Waals surface area contributed by atoms with E-state index in [0.29, 0.717) is 35.7 Å². The number of alkyl halides is 2. The molecule has 1 fully saturated rings. The third-order valence-electron chi connectivity index (χ3n) is 5.42. The summed E-state index contributed by atoms with van der Waals surface area (Å²) in [5, 5.41) is 0. The number of benzene rings is 1. The fourth-order valence-electron chi connectivity index (χ4n) is 3.73. The van der Waals surface area contributed by atoms with Gasteiger partial charge in [-0.3, -0.25) is 9.00 Å². The van der Waals surface area contributed by atoms with Crippen LogP contribution in [0.3, 0.4) is 0 Å². The minimum Gasteiger partial charge on any atom is -0.760 e. The van der Waals surface area contributed by atoms with Gasteiger partial charge >= 0.3 is 0 Å². The molecule has 1 aliphatic carbocycles. The normalized spacial score (nSPS) is 17.2. The van der Waals surface area contributed by atoms with Gasteiger partial charge in [-0.25, -0.2) is 13.5 Å². The number of rotatable bonds is 9. The quantitative estimate of drug-likeness (QED) is 0.569. The Balaban J connectivity index is 1.97. The van der Waals surface area contributed by atoms with Crippen molar-refractivity contribution in [1.29, 1.82) is 0 Å². The first kappa shape index (κ1) is 24.3. The number of halogens is 2. The average molecular weight is 470 g/mol. The molecule has 1 aromatic carbocycles. The highest BCUT2D eigenvalue weighted by Crippen LogP contribution is 2.40. The van der Waals surface area contributed by atoms with Crippen LogP contribution in [-0.2, 0) is 24.7 Å². The van der Waals surface area contributed by atoms with Gasteiger partial charge < -0.3 is 18.6 Å². The predicted octanol–water partition coefficient (Wildman–Crippen LogP) is 3.33. The first-order chi connectivity index (χ1) is 15.2. The zero-order valence-corrected chi connectivity index (χ0v) is 18.9. The molecule has 0 bridgehead atoms. The third-order valence-corrected chi connectivity index (χ3v) is 5.86. The Labute approximate surface area is 188 Å². The Hall–Kier alpha value is -2.30. The zero-order chi connectivity index (χ0) is 23.3. The first-order valence-electron chi connectivity index (χ1n) is 10.5. The molecule has 1 unspecified atom stereocenters. The molecule has 0 aliphatic heterocycles. The van der Waals surface area contributed by atoms with Gasteiger partial charge in [-0.1, -0.05) is 6.07 Å². The van der Waals surface area contributed by atoms with Gasteiger partial charge in [0.2, 0.25) is 5.92 Å². The molecule has 10 heteroatoms. The van der Waals surface area contributed by atoms with Gasteiger partial charge in [-0.2, -0.15) is 0 Å². The largest absolute Gasteiger partial charge is 0.760 e. The molecule has 1 atom stereocenters. The number of hydrogen-bond acceptors (Lipinski definition) is 5. The molecule has 1 heterocycles. The number of nitrogens with one attached hydrogen (secondary N) is 1. The lowest BCUT2D eigenvalue weighted by atomic mass is 9.94. The first-order valence-corrected chi connectivity index (χ1v) is 11.6. The molecule has 1 N–H and O–H groups in total. The van der Waals surface area contributed by atoms with Gasteiger partial charge in [-0.05, 0) is 43.9 Å². The molecule has 0 spiro atoms. The number of pyridine rings is 1. The van der Waals surface area contributed by atoms with E-state index >= 15 is 0 Å². The van der Waals surface area contributed by atoms with Crippen molar-refractivity contribution in [2.45, 2.75) is 51.1 Å². The van der Waals surface area contributed by atoms with E-state index in [1.165, 1.54) is 10.6 Å². The van der Waals surface area contributed by atoms with Crippen LogP contribution < -0.4 is 19.8 Å². The summed E-state index contributed by atoms with van der Waals surface area (Å²) in [5.41, 5.74) is 1.90. The number of hydrogen-bond donors (Lipinski definition) is 1. The van der Waals surface area contributed by atoms with E-state index in [-0.39, 0.29) is 43.9 Å². The topological polar surface area (TPSA) is 92.6 Å². The molecule has 1 aliphatic rings. The van der Waals surface area contributed by atoms with Gasteiger partial charge in [0.1, 0.15) is 11.5 Å². The Morgan fingerprint density at radius 3 is 2.59 bits per heavy atom. The van der Waals surface area contributed by atoms with Crippen LogP contribution >= 0.6 is 0 Å². The molecular weight excluding hydrogens is 442 g/mol. The lowest BCUT2D eigenvalue weighted by molar-refractivity contribution is -0.0581. The smallest absolute Gasteiger partial charge is 0.254 e. The molecule has 1 saturated carbocycles. The summed E-state index contributed by atoms with van der Waals surface area (Å²) in [6.45, 7) is 2.39. The molecule has 3 rings (SSSR count). The van der Waals surface area contributed by atoms with E-state index in [1.54, 1.807) is 19.3 Å². The summed E-state index contributed by atoms with van der Waals surface area (Å²) >= 11 is -2.35. The summed E-state index contributed by atoms with van der Waals surface area (Å²) in [6.07, 6.45) is 1.82. The lowest BCUT2D eigenvalue weighted by Gasteiger charge is -2.29. The molecule has 1 aromatic heterocycles. The van der Waals surface area contributed by atoms with Crippen molar-refractivity contribution >= 4 is 11.3 Å².